The Hall–Kier alpha value is -1.65. The van der Waals surface area contributed by atoms with Gasteiger partial charge in [0.15, 0.2) is 0 Å². The van der Waals surface area contributed by atoms with Gasteiger partial charge >= 0.3 is 0 Å². The highest BCUT2D eigenvalue weighted by atomic mass is 32.9. The summed E-state index contributed by atoms with van der Waals surface area (Å²) in [7, 11) is 7.79. The van der Waals surface area contributed by atoms with Crippen LogP contribution in [-0.4, -0.2) is 91.2 Å². The quantitative estimate of drug-likeness (QED) is 0.334. The van der Waals surface area contributed by atoms with Crippen LogP contribution in [0.3, 0.4) is 0 Å². The Morgan fingerprint density at radius 3 is 1.75 bits per heavy atom. The highest BCUT2D eigenvalue weighted by molar-refractivity contribution is 7.80. The molecule has 2 fully saturated rings. The molecule has 0 atom stereocenters. The first-order valence-corrected chi connectivity index (χ1v) is 15.3. The Labute approximate surface area is 227 Å². The Morgan fingerprint density at radius 2 is 1.25 bits per heavy atom. The van der Waals surface area contributed by atoms with E-state index >= 15 is 0 Å². The minimum absolute atomic E-state index is 0.457. The Kier molecular flexibility index (Phi) is 8.22. The summed E-state index contributed by atoms with van der Waals surface area (Å²) in [4.78, 5) is 10.9. The minimum atomic E-state index is 0.457. The summed E-state index contributed by atoms with van der Waals surface area (Å²) >= 11 is 5.88. The van der Waals surface area contributed by atoms with Gasteiger partial charge in [0.1, 0.15) is 9.57 Å². The normalized spacial score (nSPS) is 18.6. The van der Waals surface area contributed by atoms with Crippen molar-refractivity contribution in [2.24, 2.45) is 0 Å². The molecule has 2 aliphatic rings. The fourth-order valence-electron chi connectivity index (χ4n) is 5.04. The average Bonchev–Trinajstić information content (AvgIpc) is 3.26. The van der Waals surface area contributed by atoms with Gasteiger partial charge in [-0.25, -0.2) is 0 Å². The third-order valence-electron chi connectivity index (χ3n) is 7.48. The number of aryl methyl sites for hydroxylation is 1. The number of aromatic hydroxyl groups is 1. The molecule has 1 N–H and O–H groups in total. The maximum atomic E-state index is 11.5. The first kappa shape index (κ1) is 26.0. The molecular weight excluding hydrogens is 505 g/mol. The topological polar surface area (TPSA) is 33.2 Å². The summed E-state index contributed by atoms with van der Waals surface area (Å²) in [5, 5.41) is 11.5. The van der Waals surface area contributed by atoms with E-state index in [0.29, 0.717) is 5.75 Å². The number of hydrogen-bond acceptors (Lipinski definition) is 8. The van der Waals surface area contributed by atoms with E-state index < -0.39 is 0 Å². The molecule has 0 saturated carbocycles. The second kappa shape index (κ2) is 11.4. The summed E-state index contributed by atoms with van der Waals surface area (Å²) < 4.78 is 0.928. The van der Waals surface area contributed by atoms with Gasteiger partial charge in [0.05, 0.1) is 4.88 Å². The molecule has 8 heteroatoms. The molecule has 0 amide bonds. The molecule has 192 valence electrons. The average molecular weight is 541 g/mol. The van der Waals surface area contributed by atoms with Crippen molar-refractivity contribution >= 4 is 32.9 Å². The lowest BCUT2D eigenvalue weighted by atomic mass is 9.96. The fraction of sp³-hybridized carbons (Fsp3) is 0.464. The standard InChI is InChI=1S/C28H36N4OS3/c1-20-4-6-21(7-5-20)27-25(28(34)36-35-27)22-16-23(18-31-12-8-29(2)9-13-31)26(33)24(17-22)19-32-14-10-30(3)11-15-32/h4-7,16-17,33H,8-15,18-19H2,1-3H3. The molecule has 0 bridgehead atoms. The predicted molar refractivity (Wildman–Crippen MR) is 156 cm³/mol. The van der Waals surface area contributed by atoms with Crippen LogP contribution in [0.15, 0.2) is 36.4 Å². The van der Waals surface area contributed by atoms with E-state index in [1.165, 1.54) is 16.0 Å². The molecule has 2 aromatic carbocycles. The molecule has 1 aromatic heterocycles. The first-order valence-electron chi connectivity index (χ1n) is 12.7. The number of nitrogens with zero attached hydrogens (tertiary/aromatic N) is 4. The van der Waals surface area contributed by atoms with Crippen LogP contribution < -0.4 is 0 Å². The van der Waals surface area contributed by atoms with E-state index in [4.69, 9.17) is 12.2 Å². The lowest BCUT2D eigenvalue weighted by Crippen LogP contribution is -2.44. The van der Waals surface area contributed by atoms with Crippen LogP contribution in [0.2, 0.25) is 0 Å². The summed E-state index contributed by atoms with van der Waals surface area (Å²) in [6, 6.07) is 13.1. The van der Waals surface area contributed by atoms with Crippen molar-refractivity contribution < 1.29 is 5.11 Å². The molecule has 0 unspecified atom stereocenters. The zero-order valence-corrected chi connectivity index (χ0v) is 23.9. The molecule has 36 heavy (non-hydrogen) atoms. The van der Waals surface area contributed by atoms with E-state index in [0.717, 1.165) is 91.5 Å². The molecule has 0 radical (unpaired) electrons. The van der Waals surface area contributed by atoms with Crippen LogP contribution in [0.4, 0.5) is 0 Å². The van der Waals surface area contributed by atoms with Crippen molar-refractivity contribution in [2.75, 3.05) is 66.5 Å². The highest BCUT2D eigenvalue weighted by Gasteiger charge is 2.22. The van der Waals surface area contributed by atoms with Gasteiger partial charge in [-0.15, -0.1) is 0 Å². The molecule has 3 aromatic rings. The third kappa shape index (κ3) is 5.91. The Bertz CT molecular complexity index is 1190. The number of benzene rings is 2. The van der Waals surface area contributed by atoms with Crippen molar-refractivity contribution in [3.8, 4) is 27.3 Å². The van der Waals surface area contributed by atoms with Crippen LogP contribution in [0.25, 0.3) is 21.6 Å². The van der Waals surface area contributed by atoms with E-state index in [2.05, 4.69) is 77.0 Å². The number of phenols is 1. The van der Waals surface area contributed by atoms with Crippen LogP contribution in [0.5, 0.6) is 5.75 Å². The lowest BCUT2D eigenvalue weighted by Gasteiger charge is -2.34. The molecule has 5 nitrogen and oxygen atoms in total. The lowest BCUT2D eigenvalue weighted by molar-refractivity contribution is 0.144. The number of hydrogen-bond donors (Lipinski definition) is 1. The minimum Gasteiger partial charge on any atom is -0.507 e. The monoisotopic (exact) mass is 540 g/mol. The highest BCUT2D eigenvalue weighted by Crippen LogP contribution is 2.43. The van der Waals surface area contributed by atoms with Gasteiger partial charge in [0.2, 0.25) is 0 Å². The van der Waals surface area contributed by atoms with Gasteiger partial charge in [-0.05, 0) is 44.3 Å². The molecule has 2 aliphatic heterocycles. The largest absolute Gasteiger partial charge is 0.507 e. The maximum absolute atomic E-state index is 11.5. The van der Waals surface area contributed by atoms with Crippen molar-refractivity contribution in [3.63, 3.8) is 0 Å². The van der Waals surface area contributed by atoms with E-state index in [1.807, 2.05) is 0 Å². The van der Waals surface area contributed by atoms with Gasteiger partial charge in [0, 0.05) is 82.1 Å². The van der Waals surface area contributed by atoms with Crippen LogP contribution in [0, 0.1) is 10.7 Å². The summed E-state index contributed by atoms with van der Waals surface area (Å²) in [6.07, 6.45) is 0. The molecule has 0 spiro atoms. The van der Waals surface area contributed by atoms with Crippen molar-refractivity contribution in [3.05, 3.63) is 56.9 Å². The van der Waals surface area contributed by atoms with Gasteiger partial charge in [-0.3, -0.25) is 9.80 Å². The first-order chi connectivity index (χ1) is 17.4. The summed E-state index contributed by atoms with van der Waals surface area (Å²) in [5.74, 6) is 0.457. The van der Waals surface area contributed by atoms with Gasteiger partial charge in [0.25, 0.3) is 0 Å². The molecule has 2 saturated heterocycles. The van der Waals surface area contributed by atoms with Crippen molar-refractivity contribution in [1.82, 2.24) is 19.6 Å². The van der Waals surface area contributed by atoms with E-state index in [-0.39, 0.29) is 0 Å². The number of piperazine rings is 2. The van der Waals surface area contributed by atoms with Gasteiger partial charge in [-0.1, -0.05) is 62.7 Å². The third-order valence-corrected chi connectivity index (χ3v) is 10.5. The second-order valence-electron chi connectivity index (χ2n) is 10.3. The van der Waals surface area contributed by atoms with Crippen LogP contribution >= 0.6 is 32.9 Å². The summed E-state index contributed by atoms with van der Waals surface area (Å²) in [6.45, 7) is 12.0. The van der Waals surface area contributed by atoms with Crippen LogP contribution in [0.1, 0.15) is 16.7 Å². The van der Waals surface area contributed by atoms with Crippen molar-refractivity contribution in [1.29, 1.82) is 0 Å². The van der Waals surface area contributed by atoms with Crippen molar-refractivity contribution in [2.45, 2.75) is 20.0 Å². The zero-order chi connectivity index (χ0) is 25.2. The Morgan fingerprint density at radius 1 is 0.750 bits per heavy atom. The smallest absolute Gasteiger partial charge is 0.124 e. The molecule has 3 heterocycles. The van der Waals surface area contributed by atoms with Gasteiger partial charge in [-0.2, -0.15) is 0 Å². The molecule has 0 aliphatic carbocycles. The number of phenolic OH excluding ortho intramolecular Hbond substituents is 1. The molecular formula is C28H36N4OS3. The predicted octanol–water partition coefficient (Wildman–Crippen LogP) is 5.38. The number of rotatable bonds is 6. The second-order valence-corrected chi connectivity index (χ2v) is 13.1. The zero-order valence-electron chi connectivity index (χ0n) is 21.5. The molecule has 5 rings (SSSR count). The number of likely N-dealkylation sites (N-methyl/N-ethyl adjacent to an activating group) is 2. The summed E-state index contributed by atoms with van der Waals surface area (Å²) in [5.41, 5.74) is 6.78. The van der Waals surface area contributed by atoms with E-state index in [1.54, 1.807) is 20.7 Å². The Balaban J connectivity index is 1.54. The SMILES string of the molecule is Cc1ccc(-c2ssc(=S)c2-c2cc(CN3CCN(C)CC3)c(O)c(CN3CCN(C)CC3)c2)cc1. The maximum Gasteiger partial charge on any atom is 0.124 e. The van der Waals surface area contributed by atoms with Crippen LogP contribution in [-0.2, 0) is 13.1 Å². The van der Waals surface area contributed by atoms with E-state index in [9.17, 15) is 5.11 Å². The van der Waals surface area contributed by atoms with Gasteiger partial charge < -0.3 is 14.9 Å². The fourth-order valence-corrected chi connectivity index (χ4v) is 7.96.